The van der Waals surface area contributed by atoms with E-state index in [0.29, 0.717) is 31.0 Å². The monoisotopic (exact) mass is 805 g/mol. The molecular formula is C49H68N4O4Si. The van der Waals surface area contributed by atoms with Crippen LogP contribution in [0, 0.1) is 5.92 Å². The zero-order valence-electron chi connectivity index (χ0n) is 35.7. The average molecular weight is 805 g/mol. The van der Waals surface area contributed by atoms with Crippen LogP contribution in [0.3, 0.4) is 0 Å². The van der Waals surface area contributed by atoms with Crippen molar-refractivity contribution in [2.24, 2.45) is 11.7 Å². The van der Waals surface area contributed by atoms with Crippen LogP contribution < -0.4 is 21.1 Å². The molecule has 1 fully saturated rings. The lowest BCUT2D eigenvalue weighted by atomic mass is 9.64. The van der Waals surface area contributed by atoms with Crippen molar-refractivity contribution in [1.82, 2.24) is 10.2 Å². The highest BCUT2D eigenvalue weighted by Crippen LogP contribution is 2.44. The highest BCUT2D eigenvalue weighted by Gasteiger charge is 2.49. The molecule has 0 aliphatic carbocycles. The molecule has 1 aliphatic rings. The highest BCUT2D eigenvalue weighted by molar-refractivity contribution is 6.74. The molecule has 9 heteroatoms. The summed E-state index contributed by atoms with van der Waals surface area (Å²) >= 11 is 0. The number of nitrogens with zero attached hydrogens (tertiary/aromatic N) is 1. The van der Waals surface area contributed by atoms with Crippen molar-refractivity contribution in [2.75, 3.05) is 38.0 Å². The molecule has 8 nitrogen and oxygen atoms in total. The van der Waals surface area contributed by atoms with Gasteiger partial charge in [0, 0.05) is 13.1 Å². The number of primary amides is 1. The Bertz CT molecular complexity index is 1790. The van der Waals surface area contributed by atoms with Gasteiger partial charge in [0.1, 0.15) is 17.8 Å². The SMILES string of the molecule is CC(C)(C)[Si](C)(C)O[C@@H](CNCCCCCCCCCN1CC[C@@H](C(C(N)=O)(c2ccccc2)c2ccccc2)C1)c1ccc(OCc2ccccc2)c(NC=O)c1. The number of nitrogens with one attached hydrogen (secondary N) is 2. The number of benzene rings is 4. The topological polar surface area (TPSA) is 106 Å². The van der Waals surface area contributed by atoms with Gasteiger partial charge in [-0.15, -0.1) is 0 Å². The van der Waals surface area contributed by atoms with Crippen LogP contribution >= 0.6 is 0 Å². The predicted molar refractivity (Wildman–Crippen MR) is 241 cm³/mol. The molecule has 0 radical (unpaired) electrons. The Morgan fingerprint density at radius 1 is 0.845 bits per heavy atom. The minimum Gasteiger partial charge on any atom is -0.487 e. The Hall–Kier alpha value is -4.28. The number of hydrogen-bond acceptors (Lipinski definition) is 6. The number of ether oxygens (including phenoxy) is 1. The minimum atomic E-state index is -2.09. The van der Waals surface area contributed by atoms with E-state index in [0.717, 1.165) is 61.3 Å². The third-order valence-corrected chi connectivity index (χ3v) is 16.9. The van der Waals surface area contributed by atoms with Gasteiger partial charge in [0.05, 0.1) is 11.8 Å². The number of nitrogens with two attached hydrogens (primary N) is 1. The lowest BCUT2D eigenvalue weighted by Gasteiger charge is -2.39. The molecule has 4 aromatic rings. The van der Waals surface area contributed by atoms with Gasteiger partial charge in [-0.25, -0.2) is 0 Å². The minimum absolute atomic E-state index is 0.0618. The molecule has 312 valence electrons. The summed E-state index contributed by atoms with van der Waals surface area (Å²) in [4.78, 5) is 27.5. The van der Waals surface area contributed by atoms with E-state index in [1.165, 1.54) is 38.5 Å². The molecule has 1 aliphatic heterocycles. The van der Waals surface area contributed by atoms with Crippen LogP contribution in [0.4, 0.5) is 5.69 Å². The summed E-state index contributed by atoms with van der Waals surface area (Å²) in [7, 11) is -2.09. The fraction of sp³-hybridized carbons (Fsp3) is 0.469. The van der Waals surface area contributed by atoms with Gasteiger partial charge in [-0.2, -0.15) is 0 Å². The van der Waals surface area contributed by atoms with Gasteiger partial charge in [0.15, 0.2) is 8.32 Å². The summed E-state index contributed by atoms with van der Waals surface area (Å²) in [6.07, 6.45) is 9.96. The summed E-state index contributed by atoms with van der Waals surface area (Å²) in [6, 6.07) is 36.3. The summed E-state index contributed by atoms with van der Waals surface area (Å²) in [5.74, 6) is 0.515. The second-order valence-corrected chi connectivity index (χ2v) is 22.3. The number of carbonyl (C=O) groups excluding carboxylic acids is 2. The zero-order valence-corrected chi connectivity index (χ0v) is 36.7. The highest BCUT2D eigenvalue weighted by atomic mass is 28.4. The number of likely N-dealkylation sites (tertiary alicyclic amines) is 1. The van der Waals surface area contributed by atoms with Crippen LogP contribution in [0.25, 0.3) is 0 Å². The fourth-order valence-corrected chi connectivity index (χ4v) is 9.45. The lowest BCUT2D eigenvalue weighted by Crippen LogP contribution is -2.49. The predicted octanol–water partition coefficient (Wildman–Crippen LogP) is 10.0. The van der Waals surface area contributed by atoms with E-state index in [1.54, 1.807) is 0 Å². The number of carbonyl (C=O) groups is 2. The molecule has 1 saturated heterocycles. The van der Waals surface area contributed by atoms with Gasteiger partial charge < -0.3 is 30.4 Å². The molecule has 4 N–H and O–H groups in total. The summed E-state index contributed by atoms with van der Waals surface area (Å²) in [5.41, 5.74) is 10.2. The van der Waals surface area contributed by atoms with E-state index < -0.39 is 13.7 Å². The number of amides is 2. The zero-order chi connectivity index (χ0) is 41.4. The van der Waals surface area contributed by atoms with Crippen molar-refractivity contribution in [3.8, 4) is 5.75 Å². The van der Waals surface area contributed by atoms with Crippen LogP contribution in [0.1, 0.15) is 100 Å². The quantitative estimate of drug-likeness (QED) is 0.0370. The molecule has 0 aromatic heterocycles. The molecule has 0 saturated carbocycles. The second-order valence-electron chi connectivity index (χ2n) is 17.5. The maximum absolute atomic E-state index is 13.4. The Balaban J connectivity index is 1.04. The molecule has 58 heavy (non-hydrogen) atoms. The smallest absolute Gasteiger partial charge is 0.232 e. The largest absolute Gasteiger partial charge is 0.487 e. The molecule has 0 unspecified atom stereocenters. The molecule has 0 spiro atoms. The van der Waals surface area contributed by atoms with Crippen LogP contribution in [-0.4, -0.2) is 58.3 Å². The first-order valence-electron chi connectivity index (χ1n) is 21.5. The van der Waals surface area contributed by atoms with Gasteiger partial charge in [0.25, 0.3) is 0 Å². The molecule has 5 rings (SSSR count). The van der Waals surface area contributed by atoms with Crippen LogP contribution in [0.2, 0.25) is 18.1 Å². The first kappa shape index (κ1) is 44.8. The third kappa shape index (κ3) is 11.9. The van der Waals surface area contributed by atoms with E-state index >= 15 is 0 Å². The fourth-order valence-electron chi connectivity index (χ4n) is 8.16. The number of unbranched alkanes of at least 4 members (excludes halogenated alkanes) is 6. The number of anilines is 1. The first-order valence-corrected chi connectivity index (χ1v) is 24.4. The van der Waals surface area contributed by atoms with Crippen LogP contribution in [0.15, 0.2) is 109 Å². The van der Waals surface area contributed by atoms with E-state index in [4.69, 9.17) is 14.9 Å². The third-order valence-electron chi connectivity index (χ3n) is 12.5. The maximum Gasteiger partial charge on any atom is 0.232 e. The molecule has 0 bridgehead atoms. The van der Waals surface area contributed by atoms with E-state index in [-0.39, 0.29) is 23.0 Å². The van der Waals surface area contributed by atoms with Crippen molar-refractivity contribution in [2.45, 2.75) is 108 Å². The van der Waals surface area contributed by atoms with E-state index in [9.17, 15) is 9.59 Å². The number of rotatable bonds is 24. The molecular weight excluding hydrogens is 737 g/mol. The summed E-state index contributed by atoms with van der Waals surface area (Å²) < 4.78 is 13.1. The van der Waals surface area contributed by atoms with E-state index in [2.05, 4.69) is 79.7 Å². The van der Waals surface area contributed by atoms with Gasteiger partial charge in [-0.3, -0.25) is 9.59 Å². The molecule has 2 amide bonds. The van der Waals surface area contributed by atoms with Gasteiger partial charge in [-0.1, -0.05) is 150 Å². The van der Waals surface area contributed by atoms with Crippen molar-refractivity contribution in [1.29, 1.82) is 0 Å². The Kier molecular flexibility index (Phi) is 16.7. The van der Waals surface area contributed by atoms with Crippen molar-refractivity contribution < 1.29 is 18.8 Å². The summed E-state index contributed by atoms with van der Waals surface area (Å²) in [5, 5.41) is 6.62. The standard InChI is InChI=1S/C49H68N4O4Si/c1-48(2,3)58(4,5)57-46(40-28-29-45(44(34-40)52-38-54)56-37-39-22-14-11-15-23-39)35-51-31-20-9-7-6-8-10-21-32-53-33-30-43(36-53)49(47(50)55,41-24-16-12-17-25-41)42-26-18-13-19-27-42/h11-19,22-29,34,38,43,46,51H,6-10,20-21,30-33,35-37H2,1-5H3,(H2,50,55)(H,52,54)/t43-,46+/m1/s1. The van der Waals surface area contributed by atoms with Gasteiger partial charge in [-0.05, 0) is 97.3 Å². The second kappa shape index (κ2) is 21.6. The van der Waals surface area contributed by atoms with Crippen molar-refractivity contribution in [3.63, 3.8) is 0 Å². The van der Waals surface area contributed by atoms with Crippen LogP contribution in [-0.2, 0) is 26.0 Å². The maximum atomic E-state index is 13.4. The molecule has 1 heterocycles. The Morgan fingerprint density at radius 3 is 2.02 bits per heavy atom. The Morgan fingerprint density at radius 2 is 1.43 bits per heavy atom. The van der Waals surface area contributed by atoms with Crippen molar-refractivity contribution in [3.05, 3.63) is 131 Å². The van der Waals surface area contributed by atoms with E-state index in [1.807, 2.05) is 78.9 Å². The first-order chi connectivity index (χ1) is 28.0. The molecule has 2 atom stereocenters. The average Bonchev–Trinajstić information content (AvgIpc) is 3.69. The number of hydrogen-bond donors (Lipinski definition) is 3. The van der Waals surface area contributed by atoms with Gasteiger partial charge in [0.2, 0.25) is 12.3 Å². The Labute approximate surface area is 349 Å². The summed E-state index contributed by atoms with van der Waals surface area (Å²) in [6.45, 7) is 16.4. The van der Waals surface area contributed by atoms with Crippen LogP contribution in [0.5, 0.6) is 5.75 Å². The normalized spacial score (nSPS) is 15.6. The van der Waals surface area contributed by atoms with Gasteiger partial charge >= 0.3 is 0 Å². The lowest BCUT2D eigenvalue weighted by molar-refractivity contribution is -0.123. The molecule has 4 aromatic carbocycles. The van der Waals surface area contributed by atoms with Crippen molar-refractivity contribution >= 4 is 26.3 Å².